The first-order chi connectivity index (χ1) is 19.8. The first kappa shape index (κ1) is 23.2. The Labute approximate surface area is 238 Å². The van der Waals surface area contributed by atoms with Crippen LogP contribution in [-0.4, -0.2) is 0 Å². The third kappa shape index (κ3) is 3.38. The predicted molar refractivity (Wildman–Crippen MR) is 164 cm³/mol. The lowest BCUT2D eigenvalue weighted by Crippen LogP contribution is -2.36. The molecule has 0 radical (unpaired) electrons. The Morgan fingerprint density at radius 2 is 0.925 bits per heavy atom. The minimum absolute atomic E-state index is 0.516. The summed E-state index contributed by atoms with van der Waals surface area (Å²) in [5.74, 6) is 1.81. The zero-order chi connectivity index (χ0) is 26.5. The van der Waals surface area contributed by atoms with Gasteiger partial charge in [0.15, 0.2) is 0 Å². The number of nitrogens with zero attached hydrogens (tertiary/aromatic N) is 1. The van der Waals surface area contributed by atoms with E-state index >= 15 is 0 Å². The predicted octanol–water partition coefficient (Wildman–Crippen LogP) is 10.1. The molecule has 2 nitrogen and oxygen atoms in total. The fourth-order valence-electron chi connectivity index (χ4n) is 6.34. The summed E-state index contributed by atoms with van der Waals surface area (Å²) in [6.07, 6.45) is 0. The van der Waals surface area contributed by atoms with Crippen molar-refractivity contribution >= 4 is 28.8 Å². The molecule has 0 saturated carbocycles. The van der Waals surface area contributed by atoms with E-state index in [1.54, 1.807) is 0 Å². The maximum absolute atomic E-state index is 6.53. The van der Waals surface area contributed by atoms with Gasteiger partial charge in [-0.1, -0.05) is 103 Å². The number of ether oxygens (including phenoxy) is 1. The van der Waals surface area contributed by atoms with E-state index < -0.39 is 5.41 Å². The van der Waals surface area contributed by atoms with Crippen molar-refractivity contribution < 1.29 is 4.74 Å². The lowest BCUT2D eigenvalue weighted by atomic mass is 9.63. The van der Waals surface area contributed by atoms with Crippen LogP contribution in [0.2, 0.25) is 0 Å². The van der Waals surface area contributed by atoms with Gasteiger partial charge in [-0.3, -0.25) is 0 Å². The van der Waals surface area contributed by atoms with Gasteiger partial charge in [-0.05, 0) is 71.8 Å². The maximum Gasteiger partial charge on any atom is 0.132 e. The van der Waals surface area contributed by atoms with Crippen LogP contribution in [0, 0.1) is 0 Å². The molecule has 1 spiro atoms. The first-order valence-corrected chi connectivity index (χ1v) is 14.3. The Hall–Kier alpha value is -4.73. The van der Waals surface area contributed by atoms with Gasteiger partial charge in [-0.15, -0.1) is 0 Å². The van der Waals surface area contributed by atoms with Crippen molar-refractivity contribution in [3.05, 3.63) is 174 Å². The molecule has 2 heterocycles. The summed E-state index contributed by atoms with van der Waals surface area (Å²) in [7, 11) is 0. The average molecular weight is 532 g/mol. The van der Waals surface area contributed by atoms with Crippen LogP contribution in [-0.2, 0) is 5.41 Å². The van der Waals surface area contributed by atoms with E-state index in [9.17, 15) is 0 Å². The molecule has 190 valence electrons. The molecule has 0 unspecified atom stereocenters. The van der Waals surface area contributed by atoms with Crippen LogP contribution in [0.15, 0.2) is 161 Å². The molecular weight excluding hydrogens is 506 g/mol. The van der Waals surface area contributed by atoms with Crippen molar-refractivity contribution in [3.8, 4) is 11.5 Å². The van der Waals surface area contributed by atoms with Gasteiger partial charge in [0.2, 0.25) is 0 Å². The van der Waals surface area contributed by atoms with Crippen LogP contribution in [0.4, 0.5) is 17.1 Å². The number of anilines is 3. The molecule has 0 aromatic heterocycles. The highest BCUT2D eigenvalue weighted by Crippen LogP contribution is 2.61. The number of hydrogen-bond donors (Lipinski definition) is 0. The third-order valence-electron chi connectivity index (χ3n) is 7.97. The molecular formula is C37H25NOS. The van der Waals surface area contributed by atoms with Gasteiger partial charge in [0.05, 0.1) is 5.41 Å². The van der Waals surface area contributed by atoms with Gasteiger partial charge >= 0.3 is 0 Å². The van der Waals surface area contributed by atoms with E-state index in [0.717, 1.165) is 28.6 Å². The largest absolute Gasteiger partial charge is 0.457 e. The minimum atomic E-state index is -0.516. The Kier molecular flexibility index (Phi) is 5.32. The van der Waals surface area contributed by atoms with Gasteiger partial charge in [0, 0.05) is 38.0 Å². The minimum Gasteiger partial charge on any atom is -0.457 e. The van der Waals surface area contributed by atoms with Crippen LogP contribution in [0.25, 0.3) is 0 Å². The van der Waals surface area contributed by atoms with E-state index in [1.165, 1.54) is 32.0 Å². The van der Waals surface area contributed by atoms with Crippen molar-refractivity contribution in [1.82, 2.24) is 0 Å². The van der Waals surface area contributed by atoms with Gasteiger partial charge in [-0.2, -0.15) is 0 Å². The van der Waals surface area contributed by atoms with Crippen LogP contribution in [0.5, 0.6) is 11.5 Å². The molecule has 40 heavy (non-hydrogen) atoms. The Morgan fingerprint density at radius 3 is 1.55 bits per heavy atom. The van der Waals surface area contributed by atoms with E-state index in [1.807, 2.05) is 11.8 Å². The lowest BCUT2D eigenvalue weighted by molar-refractivity contribution is 0.431. The zero-order valence-electron chi connectivity index (χ0n) is 21.7. The number of hydrogen-bond acceptors (Lipinski definition) is 3. The summed E-state index contributed by atoms with van der Waals surface area (Å²) < 4.78 is 6.53. The molecule has 6 aromatic rings. The van der Waals surface area contributed by atoms with E-state index in [-0.39, 0.29) is 0 Å². The number of benzene rings is 6. The van der Waals surface area contributed by atoms with Crippen molar-refractivity contribution in [3.63, 3.8) is 0 Å². The summed E-state index contributed by atoms with van der Waals surface area (Å²) in [6.45, 7) is 0. The standard InChI is InChI=1S/C37H25NOS/c1-3-13-26(14-4-1)38(27-15-5-2-6-16-27)28-23-24-36-32(25-28)37(31-19-9-12-22-35(31)40-36)29-17-7-10-20-33(29)39-34-21-11-8-18-30(34)37/h1-25H. The maximum atomic E-state index is 6.53. The fourth-order valence-corrected chi connectivity index (χ4v) is 7.52. The molecule has 0 atom stereocenters. The third-order valence-corrected chi connectivity index (χ3v) is 9.12. The molecule has 0 amide bonds. The fraction of sp³-hybridized carbons (Fsp3) is 0.0270. The second-order valence-corrected chi connectivity index (χ2v) is 11.2. The SMILES string of the molecule is c1ccc(N(c2ccccc2)c2ccc3c(c2)C2(c4ccccc4Oc4ccccc42)c2ccccc2S3)cc1. The Morgan fingerprint density at radius 1 is 0.425 bits per heavy atom. The monoisotopic (exact) mass is 531 g/mol. The molecule has 8 rings (SSSR count). The summed E-state index contributed by atoms with van der Waals surface area (Å²) in [5, 5.41) is 0. The number of para-hydroxylation sites is 4. The first-order valence-electron chi connectivity index (χ1n) is 13.5. The Balaban J connectivity index is 1.46. The molecule has 0 saturated heterocycles. The van der Waals surface area contributed by atoms with Gasteiger partial charge in [0.1, 0.15) is 11.5 Å². The van der Waals surface area contributed by atoms with Gasteiger partial charge in [-0.25, -0.2) is 0 Å². The highest BCUT2D eigenvalue weighted by Gasteiger charge is 2.49. The van der Waals surface area contributed by atoms with Crippen molar-refractivity contribution in [2.75, 3.05) is 4.90 Å². The van der Waals surface area contributed by atoms with Crippen LogP contribution >= 0.6 is 11.8 Å². The van der Waals surface area contributed by atoms with Gasteiger partial charge in [0.25, 0.3) is 0 Å². The second-order valence-electron chi connectivity index (χ2n) is 10.1. The zero-order valence-corrected chi connectivity index (χ0v) is 22.5. The topological polar surface area (TPSA) is 12.5 Å². The molecule has 6 aromatic carbocycles. The molecule has 0 bridgehead atoms. The van der Waals surface area contributed by atoms with Crippen LogP contribution < -0.4 is 9.64 Å². The summed E-state index contributed by atoms with van der Waals surface area (Å²) >= 11 is 1.85. The quantitative estimate of drug-likeness (QED) is 0.225. The second kappa shape index (κ2) is 9.18. The van der Waals surface area contributed by atoms with Crippen molar-refractivity contribution in [1.29, 1.82) is 0 Å². The number of rotatable bonds is 3. The number of fused-ring (bicyclic) bond motifs is 8. The lowest BCUT2D eigenvalue weighted by Gasteiger charge is -2.45. The summed E-state index contributed by atoms with van der Waals surface area (Å²) in [5.41, 5.74) is 7.76. The van der Waals surface area contributed by atoms with E-state index in [2.05, 4.69) is 157 Å². The molecule has 3 heteroatoms. The molecule has 0 fully saturated rings. The highest BCUT2D eigenvalue weighted by molar-refractivity contribution is 7.99. The normalized spacial score (nSPS) is 13.8. The average Bonchev–Trinajstić information content (AvgIpc) is 3.02. The van der Waals surface area contributed by atoms with Crippen LogP contribution in [0.1, 0.15) is 22.3 Å². The summed E-state index contributed by atoms with van der Waals surface area (Å²) in [6, 6.07) is 54.1. The molecule has 2 aliphatic heterocycles. The molecule has 2 aliphatic rings. The van der Waals surface area contributed by atoms with Gasteiger partial charge < -0.3 is 9.64 Å². The molecule has 0 aliphatic carbocycles. The molecule has 0 N–H and O–H groups in total. The van der Waals surface area contributed by atoms with Crippen LogP contribution in [0.3, 0.4) is 0 Å². The van der Waals surface area contributed by atoms with Crippen molar-refractivity contribution in [2.24, 2.45) is 0 Å². The van der Waals surface area contributed by atoms with E-state index in [4.69, 9.17) is 4.74 Å². The highest BCUT2D eigenvalue weighted by atomic mass is 32.2. The summed E-state index contributed by atoms with van der Waals surface area (Å²) in [4.78, 5) is 4.88. The van der Waals surface area contributed by atoms with E-state index in [0.29, 0.717) is 0 Å². The van der Waals surface area contributed by atoms with Crippen molar-refractivity contribution in [2.45, 2.75) is 15.2 Å². The Bertz CT molecular complexity index is 1720. The smallest absolute Gasteiger partial charge is 0.132 e.